The van der Waals surface area contributed by atoms with Gasteiger partial charge in [-0.05, 0) is 229 Å². The van der Waals surface area contributed by atoms with E-state index in [2.05, 4.69) is 72.3 Å². The van der Waals surface area contributed by atoms with Gasteiger partial charge >= 0.3 is 24.8 Å². The Morgan fingerprint density at radius 3 is 1.17 bits per heavy atom. The number of carbonyl (C=O) groups is 8. The van der Waals surface area contributed by atoms with E-state index in [4.69, 9.17) is 108 Å². The molecular weight excluding hydrogens is 1980 g/mol. The molecule has 0 radical (unpaired) electrons. The number of aryl methyl sites for hydroxylation is 4. The predicted octanol–water partition coefficient (Wildman–Crippen LogP) is 18.3. The van der Waals surface area contributed by atoms with E-state index in [0.29, 0.717) is 121 Å². The number of pyridine rings is 5. The number of nitriles is 1. The number of aliphatic hydroxyl groups is 1. The van der Waals surface area contributed by atoms with Crippen LogP contribution in [0, 0.1) is 71.2 Å². The maximum Gasteiger partial charge on any atom is 1.00 e. The number of nitrogen functional groups attached to an aromatic ring is 2. The van der Waals surface area contributed by atoms with E-state index in [0.717, 1.165) is 29.9 Å². The van der Waals surface area contributed by atoms with Crippen molar-refractivity contribution in [2.45, 2.75) is 47.1 Å². The standard InChI is InChI=1S/C23H22ClN5O3.C21H15ClN4O2.C13H10ClN3O3.C13H12ClN3O.C8H4ClNO.C8H7NO4.C5H5ClN2.C4H8O.C2H7N.C2H6N.ClH.Li/c1-29(2)21(25)15-4-6-16(7-5-15)22(31)27-19-9-3-14(13-30)11-18(19)23(32)28-20-10-8-17(24)12-26-20;1-13-2-8-18(25-20(27)15-5-3-14(11-23)4-6-15)17(10-13)21(28)26-19-9-7-16(22)12-24-19;1-8-2-4-11(17(19)20)10(6-8)13(18)16-12-5-3-9(14)7-15-12;1-8-2-4-11(15)10(6-8)13(18)17-12-5-3-9(14)7-16-12;1-10-7-4-2-6(3-5-7)8(9)11;1-5-2-3-7(9(12)13)6(4-5)8(10)11;6-4-1-2-5(7)8-3-4;1-2-4-5-3-1;2*1-3-2;;/h3-12,25,30H,13H2,1-2H3,(H,27,31)(H,26,28,32);2-10,12H,1H3,(H,25,27)(H,24,26,28);2-7H,1H3,(H,15,16,18);2-7H,15H2,1H3,(H,16,17,18);2-5H;2-4H,1H3,(H,10,11);1-3H,(H2,7,8);1-4H2;3H,1-2H3;1-2H3;1H;/q;;;;;;;;;-1;;+1. The van der Waals surface area contributed by atoms with Gasteiger partial charge in [0.05, 0.1) is 87.8 Å². The van der Waals surface area contributed by atoms with Crippen molar-refractivity contribution in [1.82, 2.24) is 35.1 Å². The van der Waals surface area contributed by atoms with Gasteiger partial charge in [-0.2, -0.15) is 19.4 Å². The van der Waals surface area contributed by atoms with E-state index in [1.807, 2.05) is 40.1 Å². The molecule has 0 spiro atoms. The average molecular weight is 2080 g/mol. The van der Waals surface area contributed by atoms with Crippen molar-refractivity contribution < 1.29 is 82.0 Å². The first-order chi connectivity index (χ1) is 67.1. The maximum absolute atomic E-state index is 12.8. The number of benzene rings is 8. The number of hydrogen-bond donors (Lipinski definition) is 12. The molecule has 0 aliphatic carbocycles. The van der Waals surface area contributed by atoms with Crippen molar-refractivity contribution in [2.24, 2.45) is 0 Å². The maximum atomic E-state index is 12.8. The zero-order valence-corrected chi connectivity index (χ0v) is 84.1. The van der Waals surface area contributed by atoms with Crippen LogP contribution in [0.15, 0.2) is 255 Å². The molecule has 6 heterocycles. The van der Waals surface area contributed by atoms with Gasteiger partial charge in [-0.25, -0.2) is 34.6 Å². The number of nitrogens with one attached hydrogen (secondary N) is 8. The van der Waals surface area contributed by atoms with E-state index in [9.17, 15) is 63.7 Å². The first kappa shape index (κ1) is 122. The minimum atomic E-state index is -1.28. The zero-order valence-electron chi connectivity index (χ0n) is 78.7. The third-order valence-electron chi connectivity index (χ3n) is 17.9. The summed E-state index contributed by atoms with van der Waals surface area (Å²) >= 11 is 33.7. The minimum Gasteiger partial charge on any atom is -0.668 e. The largest absolute Gasteiger partial charge is 1.00 e. The first-order valence-corrected chi connectivity index (χ1v) is 43.8. The zero-order chi connectivity index (χ0) is 104. The van der Waals surface area contributed by atoms with E-state index in [1.54, 1.807) is 211 Å². The molecule has 44 heteroatoms. The minimum absolute atomic E-state index is 0. The van der Waals surface area contributed by atoms with Gasteiger partial charge in [-0.3, -0.25) is 59.2 Å². The average Bonchev–Trinajstić information content (AvgIpc) is 1.49. The Balaban J connectivity index is 0.000000434. The van der Waals surface area contributed by atoms with Gasteiger partial charge in [0, 0.05) is 98.4 Å². The van der Waals surface area contributed by atoms with Gasteiger partial charge in [-0.15, -0.1) is 12.4 Å². The third-order valence-corrected chi connectivity index (χ3v) is 19.2. The summed E-state index contributed by atoms with van der Waals surface area (Å²) in [4.78, 5) is 141. The Morgan fingerprint density at radius 2 is 0.825 bits per heavy atom. The Bertz CT molecular complexity index is 6510. The van der Waals surface area contributed by atoms with Crippen LogP contribution in [0.4, 0.5) is 63.2 Å². The molecule has 1 aliphatic heterocycles. The Labute approximate surface area is 872 Å². The number of ether oxygens (including phenoxy) is 1. The van der Waals surface area contributed by atoms with E-state index < -0.39 is 44.7 Å². The molecular formula is C99H97Cl7LiN21O15. The second-order valence-electron chi connectivity index (χ2n) is 29.3. The molecule has 14 N–H and O–H groups in total. The van der Waals surface area contributed by atoms with Gasteiger partial charge in [0.15, 0.2) is 5.69 Å². The molecule has 1 fully saturated rings. The third kappa shape index (κ3) is 43.6. The SMILES string of the molecule is C1CCOC1.CN(C)C(=N)c1ccc(C(=O)Nc2ccc(CO)cc2C(=O)Nc2ccc(Cl)cn2)cc1.CNC.C[N-]C.Cc1ccc(N)c(C(=O)Nc2ccc(Cl)cn2)c1.Cc1ccc(NC(=O)c2ccc(C#N)cc2)c(C(=O)Nc2ccc(Cl)cn2)c1.Cc1ccc([N+](=O)[O-])c(C(=O)Nc2ccc(Cl)cn2)c1.Cc1ccc([N+](=O)[O-])c(C(=O)O)c1.Cl.Nc1ccc(Cl)cn1.[C-]#[N+]c1ccc(C(=O)Cl)cc1.[Li+]. The Morgan fingerprint density at radius 1 is 0.490 bits per heavy atom. The van der Waals surface area contributed by atoms with Crippen molar-refractivity contribution >= 4 is 198 Å². The second-order valence-corrected chi connectivity index (χ2v) is 31.8. The molecule has 1 aliphatic rings. The molecule has 0 unspecified atom stereocenters. The number of carboxylic acids is 1. The van der Waals surface area contributed by atoms with Gasteiger partial charge in [0.2, 0.25) is 0 Å². The fourth-order valence-corrected chi connectivity index (χ4v) is 11.7. The van der Waals surface area contributed by atoms with Crippen LogP contribution in [0.1, 0.15) is 135 Å². The molecule has 14 rings (SSSR count). The van der Waals surface area contributed by atoms with Gasteiger partial charge in [-0.1, -0.05) is 136 Å². The summed E-state index contributed by atoms with van der Waals surface area (Å²) in [5, 5.41) is 80.4. The Hall–Kier alpha value is -15.2. The number of carbonyl (C=O) groups excluding carboxylic acids is 7. The normalized spacial score (nSPS) is 10.1. The fourth-order valence-electron chi connectivity index (χ4n) is 11.0. The number of hydrogen-bond acceptors (Lipinski definition) is 24. The molecule has 36 nitrogen and oxygen atoms in total. The number of rotatable bonds is 18. The molecule has 8 aromatic carbocycles. The number of nitro groups is 2. The summed E-state index contributed by atoms with van der Waals surface area (Å²) < 4.78 is 4.94. The molecule has 0 atom stereocenters. The van der Waals surface area contributed by atoms with Crippen molar-refractivity contribution in [3.63, 3.8) is 0 Å². The summed E-state index contributed by atoms with van der Waals surface area (Å²) in [7, 11) is 10.8. The molecule has 1 saturated heterocycles. The van der Waals surface area contributed by atoms with Gasteiger partial charge in [0.25, 0.3) is 52.1 Å². The monoisotopic (exact) mass is 2070 g/mol. The molecule has 0 saturated carbocycles. The number of amidine groups is 1. The van der Waals surface area contributed by atoms with E-state index in [-0.39, 0.29) is 89.3 Å². The van der Waals surface area contributed by atoms with Gasteiger partial charge in [0.1, 0.15) is 46.1 Å². The summed E-state index contributed by atoms with van der Waals surface area (Å²) in [6.07, 6.45) is 9.75. The molecule has 143 heavy (non-hydrogen) atoms. The summed E-state index contributed by atoms with van der Waals surface area (Å²) in [5.74, 6) is -1.69. The van der Waals surface area contributed by atoms with Crippen LogP contribution in [0.2, 0.25) is 25.1 Å². The molecule has 0 bridgehead atoms. The number of nitrogens with two attached hydrogens (primary N) is 2. The van der Waals surface area contributed by atoms with E-state index in [1.165, 1.54) is 98.4 Å². The number of anilines is 8. The number of amides is 6. The topological polar surface area (TPSA) is 543 Å². The van der Waals surface area contributed by atoms with Crippen LogP contribution in [0.25, 0.3) is 10.2 Å². The van der Waals surface area contributed by atoms with Crippen LogP contribution in [-0.4, -0.2) is 158 Å². The summed E-state index contributed by atoms with van der Waals surface area (Å²) in [6, 6.07) is 60.5. The fraction of sp³-hybridized carbons (Fsp3) is 0.152. The number of halogens is 7. The van der Waals surface area contributed by atoms with Crippen LogP contribution >= 0.6 is 82.0 Å². The van der Waals surface area contributed by atoms with E-state index >= 15 is 0 Å². The number of nitrogens with zero attached hydrogens (tertiary/aromatic N) is 11. The first-order valence-electron chi connectivity index (χ1n) is 41.5. The second kappa shape index (κ2) is 64.2. The van der Waals surface area contributed by atoms with Crippen LogP contribution in [0.5, 0.6) is 0 Å². The van der Waals surface area contributed by atoms with Crippen molar-refractivity contribution in [2.75, 3.05) is 98.9 Å². The number of nitro benzene ring substituents is 2. The molecule has 13 aromatic rings. The van der Waals surface area contributed by atoms with Gasteiger partial charge < -0.3 is 73.9 Å². The van der Waals surface area contributed by atoms with Crippen molar-refractivity contribution in [3.05, 3.63) is 401 Å². The summed E-state index contributed by atoms with van der Waals surface area (Å²) in [6.45, 7) is 15.5. The smallest absolute Gasteiger partial charge is 0.668 e. The van der Waals surface area contributed by atoms with Crippen molar-refractivity contribution in [1.29, 1.82) is 10.7 Å². The Kier molecular flexibility index (Phi) is 54.7. The van der Waals surface area contributed by atoms with Crippen molar-refractivity contribution in [3.8, 4) is 6.07 Å². The van der Waals surface area contributed by atoms with Crippen LogP contribution in [-0.2, 0) is 11.3 Å². The number of aliphatic hydroxyl groups excluding tert-OH is 1. The predicted molar refractivity (Wildman–Crippen MR) is 559 cm³/mol. The van der Waals surface area contributed by atoms with Crippen LogP contribution < -0.4 is 67.5 Å². The summed E-state index contributed by atoms with van der Waals surface area (Å²) in [5.41, 5.74) is 18.7. The number of aromatic nitrogens is 5. The molecule has 738 valence electrons. The number of carboxylic acid groups (broad SMARTS) is 1. The quantitative estimate of drug-likeness (QED) is 0.00555. The van der Waals surface area contributed by atoms with Crippen LogP contribution in [0.3, 0.4) is 0 Å². The number of aromatic carboxylic acids is 1. The molecule has 5 aromatic heterocycles. The molecule has 6 amide bonds.